The second-order valence-corrected chi connectivity index (χ2v) is 17.3. The molecule has 3 aromatic carbocycles. The lowest BCUT2D eigenvalue weighted by Gasteiger charge is -2.41. The largest absolute Gasteiger partial charge is 0.494 e. The summed E-state index contributed by atoms with van der Waals surface area (Å²) in [6.07, 6.45) is 3.61. The minimum absolute atomic E-state index is 0.000449. The summed E-state index contributed by atoms with van der Waals surface area (Å²) < 4.78 is 78.8. The summed E-state index contributed by atoms with van der Waals surface area (Å²) in [6.45, 7) is 5.97. The number of aromatic amines is 1. The van der Waals surface area contributed by atoms with Crippen LogP contribution >= 0.6 is 0 Å². The van der Waals surface area contributed by atoms with E-state index in [1.807, 2.05) is 41.1 Å². The number of allylic oxidation sites excluding steroid dienone is 1. The number of carbonyl (C=O) groups excluding carboxylic acids is 3. The first-order valence-corrected chi connectivity index (χ1v) is 21.1. The molecule has 2 aromatic heterocycles. The Balaban J connectivity index is 0.801. The van der Waals surface area contributed by atoms with Gasteiger partial charge in [0.15, 0.2) is 5.82 Å². The van der Waals surface area contributed by atoms with Crippen molar-refractivity contribution in [2.45, 2.75) is 44.4 Å². The van der Waals surface area contributed by atoms with E-state index in [4.69, 9.17) is 4.74 Å². The van der Waals surface area contributed by atoms with Crippen LogP contribution in [-0.4, -0.2) is 90.2 Å². The summed E-state index contributed by atoms with van der Waals surface area (Å²) in [7, 11) is -4.36. The Labute approximate surface area is 343 Å². The number of fused-ring (bicyclic) bond motifs is 2. The number of H-pyrrole nitrogens is 1. The zero-order chi connectivity index (χ0) is 41.9. The van der Waals surface area contributed by atoms with E-state index in [9.17, 15) is 27.2 Å². The van der Waals surface area contributed by atoms with Crippen LogP contribution in [0.3, 0.4) is 0 Å². The fourth-order valence-corrected chi connectivity index (χ4v) is 9.59. The number of hydrogen-bond acceptors (Lipinski definition) is 8. The van der Waals surface area contributed by atoms with E-state index in [-0.39, 0.29) is 30.3 Å². The van der Waals surface area contributed by atoms with Gasteiger partial charge >= 0.3 is 10.2 Å². The average molecular weight is 840 g/mol. The van der Waals surface area contributed by atoms with Crippen LogP contribution in [0, 0.1) is 17.6 Å². The zero-order valence-corrected chi connectivity index (χ0v) is 33.0. The van der Waals surface area contributed by atoms with Crippen molar-refractivity contribution in [3.05, 3.63) is 119 Å². The van der Waals surface area contributed by atoms with Crippen LogP contribution in [-0.2, 0) is 21.5 Å². The quantitative estimate of drug-likeness (QED) is 0.128. The molecule has 4 aliphatic heterocycles. The van der Waals surface area contributed by atoms with Crippen molar-refractivity contribution in [1.29, 1.82) is 0 Å². The molecule has 2 amide bonds. The van der Waals surface area contributed by atoms with Gasteiger partial charge in [-0.15, -0.1) is 0 Å². The molecule has 0 aliphatic carbocycles. The van der Waals surface area contributed by atoms with Gasteiger partial charge in [0, 0.05) is 78.6 Å². The van der Waals surface area contributed by atoms with E-state index in [2.05, 4.69) is 32.8 Å². The van der Waals surface area contributed by atoms with Crippen molar-refractivity contribution in [1.82, 2.24) is 24.5 Å². The Morgan fingerprint density at radius 3 is 2.55 bits per heavy atom. The highest BCUT2D eigenvalue weighted by Crippen LogP contribution is 2.35. The van der Waals surface area contributed by atoms with Crippen LogP contribution in [0.5, 0.6) is 5.75 Å². The molecule has 6 heterocycles. The van der Waals surface area contributed by atoms with Gasteiger partial charge in [-0.05, 0) is 91.3 Å². The molecular weight excluding hydrogens is 800 g/mol. The van der Waals surface area contributed by atoms with E-state index in [0.717, 1.165) is 52.8 Å². The molecule has 0 radical (unpaired) electrons. The summed E-state index contributed by atoms with van der Waals surface area (Å²) >= 11 is 0. The molecule has 0 saturated carbocycles. The van der Waals surface area contributed by atoms with E-state index in [1.165, 1.54) is 6.20 Å². The maximum atomic E-state index is 15.7. The molecule has 60 heavy (non-hydrogen) atoms. The third-order valence-corrected chi connectivity index (χ3v) is 13.2. The second-order valence-electron chi connectivity index (χ2n) is 15.6. The molecule has 0 bridgehead atoms. The first kappa shape index (κ1) is 39.3. The van der Waals surface area contributed by atoms with Crippen molar-refractivity contribution in [3.63, 3.8) is 0 Å². The molecule has 3 saturated heterocycles. The fourth-order valence-electron chi connectivity index (χ4n) is 8.32. The number of benzene rings is 3. The number of rotatable bonds is 12. The van der Waals surface area contributed by atoms with Gasteiger partial charge in [-0.2, -0.15) is 12.7 Å². The molecule has 310 valence electrons. The van der Waals surface area contributed by atoms with Crippen molar-refractivity contribution in [3.8, 4) is 16.9 Å². The van der Waals surface area contributed by atoms with Crippen molar-refractivity contribution in [2.75, 3.05) is 42.4 Å². The van der Waals surface area contributed by atoms with Crippen LogP contribution < -0.4 is 19.7 Å². The number of alkyl halides is 1. The molecule has 17 heteroatoms. The summed E-state index contributed by atoms with van der Waals surface area (Å²) in [6, 6.07) is 16.1. The van der Waals surface area contributed by atoms with Crippen LogP contribution in [0.25, 0.3) is 22.2 Å². The normalized spacial score (nSPS) is 19.8. The number of aromatic nitrogens is 2. The number of carbonyl (C=O) groups is 3. The highest BCUT2D eigenvalue weighted by molar-refractivity contribution is 7.90. The summed E-state index contributed by atoms with van der Waals surface area (Å²) in [5.74, 6) is -2.79. The van der Waals surface area contributed by atoms with Gasteiger partial charge < -0.3 is 24.8 Å². The third kappa shape index (κ3) is 7.36. The van der Waals surface area contributed by atoms with E-state index in [0.29, 0.717) is 65.5 Å². The number of amides is 2. The molecule has 2 atom stereocenters. The standard InChI is InChI=1S/C43H40F3N7O6S/c1-24-2-11-37(42(55)49-24)53-22-28-16-30(5-8-32(28)43(53)56)51-20-25(21-51)13-15-59-31-6-3-26(4-7-31)27-17-33-34(19-48-41(33)47-18-27)40(54)38-35(45)9-10-36(39(38)46)50-60(57,58)52-14-12-29(44)23-52/h3-10,16-19,25,29,37,50H,1-2,11-15,20-23H2,(H,47,48)(H,49,55)/t29-,37?/m1/s1. The lowest BCUT2D eigenvalue weighted by atomic mass is 9.95. The number of ketones is 1. The average Bonchev–Trinajstić information content (AvgIpc) is 3.94. The van der Waals surface area contributed by atoms with Crippen molar-refractivity contribution in [2.24, 2.45) is 5.92 Å². The van der Waals surface area contributed by atoms with Gasteiger partial charge in [0.05, 0.1) is 17.9 Å². The van der Waals surface area contributed by atoms with Gasteiger partial charge in [0.1, 0.15) is 29.4 Å². The molecule has 3 N–H and O–H groups in total. The lowest BCUT2D eigenvalue weighted by Crippen LogP contribution is -2.49. The van der Waals surface area contributed by atoms with E-state index >= 15 is 8.78 Å². The van der Waals surface area contributed by atoms with Crippen LogP contribution in [0.1, 0.15) is 57.5 Å². The van der Waals surface area contributed by atoms with Crippen LogP contribution in [0.4, 0.5) is 24.5 Å². The Morgan fingerprint density at radius 1 is 1.00 bits per heavy atom. The highest BCUT2D eigenvalue weighted by atomic mass is 32.2. The minimum atomic E-state index is -4.36. The summed E-state index contributed by atoms with van der Waals surface area (Å²) in [5, 5.41) is 3.08. The molecule has 5 aromatic rings. The summed E-state index contributed by atoms with van der Waals surface area (Å²) in [5.41, 5.74) is 3.33. The number of hydrogen-bond donors (Lipinski definition) is 3. The Hall–Kier alpha value is -6.20. The smallest absolute Gasteiger partial charge is 0.301 e. The molecule has 9 rings (SSSR count). The maximum absolute atomic E-state index is 15.7. The van der Waals surface area contributed by atoms with E-state index in [1.54, 1.807) is 17.2 Å². The van der Waals surface area contributed by atoms with Crippen molar-refractivity contribution < 1.29 is 40.7 Å². The Bertz CT molecular complexity index is 2690. The highest BCUT2D eigenvalue weighted by Gasteiger charge is 2.39. The molecule has 13 nitrogen and oxygen atoms in total. The van der Waals surface area contributed by atoms with Crippen molar-refractivity contribution >= 4 is 50.2 Å². The fraction of sp³-hybridized carbons (Fsp3) is 0.302. The second kappa shape index (κ2) is 15.4. The third-order valence-electron chi connectivity index (χ3n) is 11.7. The number of nitrogens with one attached hydrogen (secondary N) is 3. The molecular formula is C43H40F3N7O6S. The maximum Gasteiger partial charge on any atom is 0.301 e. The molecule has 3 fully saturated rings. The van der Waals surface area contributed by atoms with Gasteiger partial charge in [-0.3, -0.25) is 19.1 Å². The van der Waals surface area contributed by atoms with Gasteiger partial charge in [0.25, 0.3) is 5.91 Å². The van der Waals surface area contributed by atoms with Gasteiger partial charge in [-0.25, -0.2) is 18.2 Å². The lowest BCUT2D eigenvalue weighted by molar-refractivity contribution is -0.126. The van der Waals surface area contributed by atoms with E-state index < -0.39 is 57.6 Å². The first-order valence-electron chi connectivity index (χ1n) is 19.7. The number of halogens is 3. The SMILES string of the molecule is C=C1CCC(N2Cc3cc(N4CC(CCOc5ccc(-c6cnc7[nH]cc(C(=O)c8c(F)ccc(NS(=O)(=O)N9CC[C@@H](F)C9)c8F)c7c6)cc5)C4)ccc3C2=O)C(=O)N1. The molecule has 1 unspecified atom stereocenters. The topological polar surface area (TPSA) is 157 Å². The first-order chi connectivity index (χ1) is 28.8. The minimum Gasteiger partial charge on any atom is -0.494 e. The predicted octanol–water partition coefficient (Wildman–Crippen LogP) is 6.09. The number of piperidine rings is 1. The number of nitrogens with zero attached hydrogens (tertiary/aromatic N) is 4. The molecule has 4 aliphatic rings. The number of ether oxygens (including phenoxy) is 1. The Kier molecular flexibility index (Phi) is 10.1. The predicted molar refractivity (Wildman–Crippen MR) is 217 cm³/mol. The van der Waals surface area contributed by atoms with Gasteiger partial charge in [-0.1, -0.05) is 18.7 Å². The van der Waals surface area contributed by atoms with Crippen LogP contribution in [0.2, 0.25) is 0 Å². The Morgan fingerprint density at radius 2 is 1.80 bits per heavy atom. The van der Waals surface area contributed by atoms with Gasteiger partial charge in [0.2, 0.25) is 11.7 Å². The molecule has 0 spiro atoms. The number of anilines is 2. The van der Waals surface area contributed by atoms with Crippen LogP contribution in [0.15, 0.2) is 85.3 Å². The summed E-state index contributed by atoms with van der Waals surface area (Å²) in [4.78, 5) is 50.5. The number of pyridine rings is 1. The zero-order valence-electron chi connectivity index (χ0n) is 32.2. The monoisotopic (exact) mass is 839 g/mol.